The first kappa shape index (κ1) is 18.4. The summed E-state index contributed by atoms with van der Waals surface area (Å²) >= 11 is 5.18. The van der Waals surface area contributed by atoms with E-state index in [4.69, 9.17) is 16.6 Å². The quantitative estimate of drug-likeness (QED) is 0.620. The number of carbonyl (C=O) groups excluding carboxylic acids is 1. The highest BCUT2D eigenvalue weighted by Crippen LogP contribution is 2.15. The molecule has 1 aliphatic rings. The van der Waals surface area contributed by atoms with Crippen molar-refractivity contribution in [3.8, 4) is 0 Å². The zero-order chi connectivity index (χ0) is 18.2. The number of nitrogens with zero attached hydrogens (tertiary/aromatic N) is 1. The third-order valence-corrected chi connectivity index (χ3v) is 4.45. The summed E-state index contributed by atoms with van der Waals surface area (Å²) in [6.45, 7) is 3.35. The lowest BCUT2D eigenvalue weighted by Gasteiger charge is -2.26. The SMILES string of the molecule is O=C(C=Cc1ccco1)NC(=S)Nc1ccc(CN2CCCCC2)cc1. The molecule has 2 N–H and O–H groups in total. The van der Waals surface area contributed by atoms with Crippen LogP contribution in [0.4, 0.5) is 5.69 Å². The van der Waals surface area contributed by atoms with Crippen molar-refractivity contribution in [2.45, 2.75) is 25.8 Å². The number of likely N-dealkylation sites (tertiary alicyclic amines) is 1. The number of benzene rings is 1. The van der Waals surface area contributed by atoms with E-state index in [1.807, 2.05) is 12.1 Å². The summed E-state index contributed by atoms with van der Waals surface area (Å²) in [6.07, 6.45) is 8.46. The molecule has 1 aromatic carbocycles. The molecule has 3 rings (SSSR count). The minimum Gasteiger partial charge on any atom is -0.465 e. The topological polar surface area (TPSA) is 57.5 Å². The fourth-order valence-electron chi connectivity index (χ4n) is 2.93. The molecule has 1 fully saturated rings. The molecule has 136 valence electrons. The number of rotatable bonds is 5. The van der Waals surface area contributed by atoms with Crippen molar-refractivity contribution >= 4 is 35.0 Å². The van der Waals surface area contributed by atoms with Gasteiger partial charge in [0.2, 0.25) is 5.91 Å². The van der Waals surface area contributed by atoms with Crippen LogP contribution in [0, 0.1) is 0 Å². The Balaban J connectivity index is 1.45. The van der Waals surface area contributed by atoms with E-state index in [1.165, 1.54) is 44.0 Å². The normalized spacial score (nSPS) is 15.1. The summed E-state index contributed by atoms with van der Waals surface area (Å²) in [5, 5.41) is 5.91. The maximum Gasteiger partial charge on any atom is 0.250 e. The number of hydrogen-bond acceptors (Lipinski definition) is 4. The predicted molar refractivity (Wildman–Crippen MR) is 108 cm³/mol. The molecule has 2 heterocycles. The van der Waals surface area contributed by atoms with Gasteiger partial charge in [-0.25, -0.2) is 0 Å². The van der Waals surface area contributed by atoms with Gasteiger partial charge in [0.1, 0.15) is 5.76 Å². The van der Waals surface area contributed by atoms with Crippen LogP contribution in [0.25, 0.3) is 6.08 Å². The van der Waals surface area contributed by atoms with E-state index in [0.717, 1.165) is 12.2 Å². The second-order valence-corrected chi connectivity index (χ2v) is 6.73. The molecule has 1 aromatic heterocycles. The lowest BCUT2D eigenvalue weighted by atomic mass is 10.1. The Morgan fingerprint density at radius 1 is 1.15 bits per heavy atom. The molecule has 0 aliphatic carbocycles. The predicted octanol–water partition coefficient (Wildman–Crippen LogP) is 3.79. The van der Waals surface area contributed by atoms with Crippen molar-refractivity contribution in [1.82, 2.24) is 10.2 Å². The highest BCUT2D eigenvalue weighted by atomic mass is 32.1. The third-order valence-electron chi connectivity index (χ3n) is 4.25. The van der Waals surface area contributed by atoms with Crippen LogP contribution in [0.2, 0.25) is 0 Å². The molecule has 0 unspecified atom stereocenters. The first-order chi connectivity index (χ1) is 12.7. The number of thiocarbonyl (C=S) groups is 1. The molecule has 0 bridgehead atoms. The lowest BCUT2D eigenvalue weighted by Crippen LogP contribution is -2.32. The molecular formula is C20H23N3O2S. The fourth-order valence-corrected chi connectivity index (χ4v) is 3.15. The maximum absolute atomic E-state index is 11.8. The van der Waals surface area contributed by atoms with Gasteiger partial charge < -0.3 is 9.73 Å². The van der Waals surface area contributed by atoms with Crippen LogP contribution < -0.4 is 10.6 Å². The average Bonchev–Trinajstić information content (AvgIpc) is 3.16. The smallest absolute Gasteiger partial charge is 0.250 e. The number of amides is 1. The minimum atomic E-state index is -0.305. The Bertz CT molecular complexity index is 748. The Kier molecular flexibility index (Phi) is 6.57. The first-order valence-electron chi connectivity index (χ1n) is 8.84. The number of carbonyl (C=O) groups is 1. The van der Waals surface area contributed by atoms with E-state index in [2.05, 4.69) is 27.7 Å². The molecule has 26 heavy (non-hydrogen) atoms. The van der Waals surface area contributed by atoms with Gasteiger partial charge in [0.25, 0.3) is 0 Å². The zero-order valence-corrected chi connectivity index (χ0v) is 15.4. The minimum absolute atomic E-state index is 0.267. The van der Waals surface area contributed by atoms with Crippen LogP contribution in [0.1, 0.15) is 30.6 Å². The molecule has 5 nitrogen and oxygen atoms in total. The van der Waals surface area contributed by atoms with Gasteiger partial charge in [-0.05, 0) is 74.1 Å². The summed E-state index contributed by atoms with van der Waals surface area (Å²) in [6, 6.07) is 11.7. The van der Waals surface area contributed by atoms with Gasteiger partial charge in [-0.15, -0.1) is 0 Å². The van der Waals surface area contributed by atoms with E-state index in [-0.39, 0.29) is 11.0 Å². The van der Waals surface area contributed by atoms with Gasteiger partial charge in [0, 0.05) is 18.3 Å². The molecule has 6 heteroatoms. The van der Waals surface area contributed by atoms with E-state index in [9.17, 15) is 4.79 Å². The standard InChI is InChI=1S/C20H23N3O2S/c24-19(11-10-18-5-4-14-25-18)22-20(26)21-17-8-6-16(7-9-17)15-23-12-2-1-3-13-23/h4-11,14H,1-3,12-13,15H2,(H2,21,22,24,26). The molecule has 1 amide bonds. The van der Waals surface area contributed by atoms with Gasteiger partial charge in [-0.2, -0.15) is 0 Å². The monoisotopic (exact) mass is 369 g/mol. The number of piperidine rings is 1. The highest BCUT2D eigenvalue weighted by Gasteiger charge is 2.10. The highest BCUT2D eigenvalue weighted by molar-refractivity contribution is 7.80. The van der Waals surface area contributed by atoms with Gasteiger partial charge >= 0.3 is 0 Å². The maximum atomic E-state index is 11.8. The Morgan fingerprint density at radius 2 is 1.92 bits per heavy atom. The third kappa shape index (κ3) is 5.82. The van der Waals surface area contributed by atoms with E-state index in [0.29, 0.717) is 5.76 Å². The number of nitrogens with one attached hydrogen (secondary N) is 2. The average molecular weight is 369 g/mol. The van der Waals surface area contributed by atoms with E-state index < -0.39 is 0 Å². The summed E-state index contributed by atoms with van der Waals surface area (Å²) in [7, 11) is 0. The van der Waals surface area contributed by atoms with Crippen molar-refractivity contribution in [1.29, 1.82) is 0 Å². The van der Waals surface area contributed by atoms with Crippen LogP contribution in [0.3, 0.4) is 0 Å². The molecule has 1 aliphatic heterocycles. The molecule has 1 saturated heterocycles. The molecule has 0 radical (unpaired) electrons. The Hall–Kier alpha value is -2.44. The molecule has 0 atom stereocenters. The summed E-state index contributed by atoms with van der Waals surface area (Å²) in [4.78, 5) is 14.3. The first-order valence-corrected chi connectivity index (χ1v) is 9.25. The van der Waals surface area contributed by atoms with Gasteiger partial charge in [0.15, 0.2) is 5.11 Å². The van der Waals surface area contributed by atoms with Crippen molar-refractivity contribution in [2.24, 2.45) is 0 Å². The largest absolute Gasteiger partial charge is 0.465 e. The van der Waals surface area contributed by atoms with Crippen molar-refractivity contribution in [2.75, 3.05) is 18.4 Å². The van der Waals surface area contributed by atoms with Gasteiger partial charge in [0.05, 0.1) is 6.26 Å². The van der Waals surface area contributed by atoms with Crippen LogP contribution in [-0.4, -0.2) is 29.0 Å². The van der Waals surface area contributed by atoms with Crippen molar-refractivity contribution in [3.63, 3.8) is 0 Å². The zero-order valence-electron chi connectivity index (χ0n) is 14.6. The van der Waals surface area contributed by atoms with Crippen LogP contribution in [-0.2, 0) is 11.3 Å². The Labute approximate surface area is 159 Å². The van der Waals surface area contributed by atoms with Gasteiger partial charge in [-0.1, -0.05) is 18.6 Å². The number of furan rings is 1. The summed E-state index contributed by atoms with van der Waals surface area (Å²) in [5.41, 5.74) is 2.14. The second-order valence-electron chi connectivity index (χ2n) is 6.33. The molecular weight excluding hydrogens is 346 g/mol. The number of anilines is 1. The van der Waals surface area contributed by atoms with E-state index in [1.54, 1.807) is 24.5 Å². The second kappa shape index (κ2) is 9.31. The van der Waals surface area contributed by atoms with Crippen molar-refractivity contribution in [3.05, 3.63) is 60.1 Å². The summed E-state index contributed by atoms with van der Waals surface area (Å²) in [5.74, 6) is 0.309. The van der Waals surface area contributed by atoms with Crippen LogP contribution >= 0.6 is 12.2 Å². The van der Waals surface area contributed by atoms with Crippen molar-refractivity contribution < 1.29 is 9.21 Å². The fraction of sp³-hybridized carbons (Fsp3) is 0.300. The molecule has 0 spiro atoms. The summed E-state index contributed by atoms with van der Waals surface area (Å²) < 4.78 is 5.13. The van der Waals surface area contributed by atoms with E-state index >= 15 is 0 Å². The van der Waals surface area contributed by atoms with Crippen LogP contribution in [0.5, 0.6) is 0 Å². The van der Waals surface area contributed by atoms with Crippen LogP contribution in [0.15, 0.2) is 53.2 Å². The Morgan fingerprint density at radius 3 is 2.62 bits per heavy atom. The molecule has 2 aromatic rings. The van der Waals surface area contributed by atoms with Gasteiger partial charge in [-0.3, -0.25) is 15.0 Å². The molecule has 0 saturated carbocycles. The number of hydrogen-bond donors (Lipinski definition) is 2. The lowest BCUT2D eigenvalue weighted by molar-refractivity contribution is -0.115.